The average Bonchev–Trinajstić information content (AvgIpc) is 2.93. The summed E-state index contributed by atoms with van der Waals surface area (Å²) in [5, 5.41) is 7.82. The van der Waals surface area contributed by atoms with Gasteiger partial charge in [0, 0.05) is 42.8 Å². The zero-order chi connectivity index (χ0) is 29.0. The van der Waals surface area contributed by atoms with Gasteiger partial charge in [0.05, 0.1) is 25.1 Å². The molecule has 0 radical (unpaired) electrons. The monoisotopic (exact) mass is 568 g/mol. The van der Waals surface area contributed by atoms with Gasteiger partial charge in [0.15, 0.2) is 9.84 Å². The first-order valence-corrected chi connectivity index (χ1v) is 13.9. The second-order valence-electron chi connectivity index (χ2n) is 8.94. The molecule has 0 fully saturated rings. The first kappa shape index (κ1) is 28.3. The third-order valence-corrected chi connectivity index (χ3v) is 7.82. The molecule has 3 amide bonds. The van der Waals surface area contributed by atoms with Crippen LogP contribution in [0.3, 0.4) is 0 Å². The van der Waals surface area contributed by atoms with E-state index < -0.39 is 37.7 Å². The molecule has 0 spiro atoms. The quantitative estimate of drug-likeness (QED) is 0.361. The Morgan fingerprint density at radius 3 is 2.48 bits per heavy atom. The van der Waals surface area contributed by atoms with E-state index in [0.29, 0.717) is 29.2 Å². The molecular weight excluding hydrogens is 540 g/mol. The second kappa shape index (κ2) is 11.6. The molecule has 1 aromatic carbocycles. The molecule has 1 aliphatic rings. The lowest BCUT2D eigenvalue weighted by molar-refractivity contribution is -0.117. The van der Waals surface area contributed by atoms with E-state index in [1.54, 1.807) is 43.3 Å². The van der Waals surface area contributed by atoms with Crippen LogP contribution in [0.4, 0.5) is 10.5 Å². The molecule has 210 valence electrons. The highest BCUT2D eigenvalue weighted by Gasteiger charge is 2.33. The molecule has 1 aliphatic heterocycles. The van der Waals surface area contributed by atoms with Gasteiger partial charge in [-0.25, -0.2) is 23.0 Å². The molecule has 0 saturated heterocycles. The Morgan fingerprint density at radius 1 is 1.07 bits per heavy atom. The fourth-order valence-electron chi connectivity index (χ4n) is 4.10. The van der Waals surface area contributed by atoms with Gasteiger partial charge in [-0.3, -0.25) is 18.7 Å². The molecule has 0 aliphatic carbocycles. The van der Waals surface area contributed by atoms with E-state index in [9.17, 15) is 27.6 Å². The topological polar surface area (TPSA) is 170 Å². The Kier molecular flexibility index (Phi) is 8.18. The number of nitrogens with one attached hydrogen (secondary N) is 3. The molecule has 0 unspecified atom stereocenters. The Bertz CT molecular complexity index is 1720. The van der Waals surface area contributed by atoms with Gasteiger partial charge in [-0.2, -0.15) is 0 Å². The summed E-state index contributed by atoms with van der Waals surface area (Å²) in [6, 6.07) is 9.43. The number of hydrogen-bond donors (Lipinski definition) is 3. The third kappa shape index (κ3) is 5.96. The van der Waals surface area contributed by atoms with Crippen molar-refractivity contribution in [1.82, 2.24) is 24.8 Å². The lowest BCUT2D eigenvalue weighted by Crippen LogP contribution is -2.44. The number of sulfone groups is 1. The van der Waals surface area contributed by atoms with Crippen LogP contribution in [0, 0.1) is 6.92 Å². The minimum atomic E-state index is -4.14. The molecule has 0 atom stereocenters. The fraction of sp³-hybridized carbons (Fsp3) is 0.269. The molecular formula is C26H28N6O7S. The maximum Gasteiger partial charge on any atom is 0.335 e. The van der Waals surface area contributed by atoms with Crippen molar-refractivity contribution in [3.05, 3.63) is 90.7 Å². The van der Waals surface area contributed by atoms with Crippen LogP contribution in [-0.4, -0.2) is 48.1 Å². The zero-order valence-electron chi connectivity index (χ0n) is 22.1. The number of hydrogen-bond acceptors (Lipinski definition) is 8. The molecule has 0 bridgehead atoms. The Balaban J connectivity index is 1.63. The van der Waals surface area contributed by atoms with Crippen LogP contribution in [0.2, 0.25) is 0 Å². The predicted molar refractivity (Wildman–Crippen MR) is 147 cm³/mol. The largest absolute Gasteiger partial charge is 0.481 e. The first-order valence-electron chi connectivity index (χ1n) is 12.2. The first-order chi connectivity index (χ1) is 19.0. The number of rotatable bonds is 8. The highest BCUT2D eigenvalue weighted by Crippen LogP contribution is 2.22. The standard InChI is InChI=1S/C26H28N6O7S/c1-4-27-25(35)30-19-7-5-17(6-8-19)13-32-24(34)16(2)20-15-40(37,38)21(14-31(20)26(32)36)23(33)29-12-18-9-10-28-22(11-18)39-3/h5-11,14H,4,12-13,15H2,1-3H3,(H,29,33)(H2,27,30,35). The maximum absolute atomic E-state index is 13.4. The number of nitrogens with zero attached hydrogens (tertiary/aromatic N) is 3. The van der Waals surface area contributed by atoms with Crippen molar-refractivity contribution in [2.75, 3.05) is 19.0 Å². The molecule has 3 N–H and O–H groups in total. The zero-order valence-corrected chi connectivity index (χ0v) is 22.9. The summed E-state index contributed by atoms with van der Waals surface area (Å²) in [5.41, 5.74) is 0.412. The number of fused-ring (bicyclic) bond motifs is 1. The number of aromatic nitrogens is 3. The number of methoxy groups -OCH3 is 1. The predicted octanol–water partition coefficient (Wildman–Crippen LogP) is 0.955. The molecule has 14 heteroatoms. The van der Waals surface area contributed by atoms with Gasteiger partial charge in [0.25, 0.3) is 11.5 Å². The Morgan fingerprint density at radius 2 is 1.80 bits per heavy atom. The van der Waals surface area contributed by atoms with Crippen molar-refractivity contribution in [3.8, 4) is 5.88 Å². The van der Waals surface area contributed by atoms with E-state index in [1.165, 1.54) is 20.2 Å². The molecule has 3 aromatic rings. The average molecular weight is 569 g/mol. The highest BCUT2D eigenvalue weighted by atomic mass is 32.2. The fourth-order valence-corrected chi connectivity index (χ4v) is 5.59. The molecule has 2 aromatic heterocycles. The van der Waals surface area contributed by atoms with Crippen LogP contribution in [-0.2, 0) is 33.5 Å². The van der Waals surface area contributed by atoms with Crippen molar-refractivity contribution < 1.29 is 22.7 Å². The van der Waals surface area contributed by atoms with Crippen LogP contribution in [0.5, 0.6) is 5.88 Å². The van der Waals surface area contributed by atoms with Gasteiger partial charge >= 0.3 is 11.7 Å². The van der Waals surface area contributed by atoms with E-state index in [-0.39, 0.29) is 30.4 Å². The van der Waals surface area contributed by atoms with E-state index in [2.05, 4.69) is 20.9 Å². The number of pyridine rings is 1. The lowest BCUT2D eigenvalue weighted by atomic mass is 10.2. The summed E-state index contributed by atoms with van der Waals surface area (Å²) in [6.07, 6.45) is 2.45. The van der Waals surface area contributed by atoms with E-state index in [4.69, 9.17) is 4.74 Å². The Hall–Kier alpha value is -4.72. The van der Waals surface area contributed by atoms with Gasteiger partial charge < -0.3 is 20.7 Å². The van der Waals surface area contributed by atoms with Crippen LogP contribution < -0.4 is 31.9 Å². The summed E-state index contributed by atoms with van der Waals surface area (Å²) in [5.74, 6) is -1.23. The van der Waals surface area contributed by atoms with Crippen molar-refractivity contribution >= 4 is 33.7 Å². The number of carbonyl (C=O) groups excluding carboxylic acids is 2. The SMILES string of the molecule is CCNC(=O)Nc1ccc(Cn2c(=O)c(C)c3n(c2=O)C=C(C(=O)NCc2ccnc(OC)c2)S(=O)(=O)C3)cc1. The van der Waals surface area contributed by atoms with Crippen molar-refractivity contribution in [3.63, 3.8) is 0 Å². The van der Waals surface area contributed by atoms with E-state index >= 15 is 0 Å². The normalized spacial score (nSPS) is 13.5. The third-order valence-electron chi connectivity index (χ3n) is 6.21. The van der Waals surface area contributed by atoms with Crippen molar-refractivity contribution in [2.45, 2.75) is 32.7 Å². The molecule has 40 heavy (non-hydrogen) atoms. The summed E-state index contributed by atoms with van der Waals surface area (Å²) >= 11 is 0. The molecule has 0 saturated carbocycles. The lowest BCUT2D eigenvalue weighted by Gasteiger charge is -2.21. The van der Waals surface area contributed by atoms with Gasteiger partial charge in [-0.1, -0.05) is 12.1 Å². The number of amides is 3. The van der Waals surface area contributed by atoms with Gasteiger partial charge in [0.1, 0.15) is 4.91 Å². The molecule has 13 nitrogen and oxygen atoms in total. The smallest absolute Gasteiger partial charge is 0.335 e. The van der Waals surface area contributed by atoms with Gasteiger partial charge in [-0.15, -0.1) is 0 Å². The summed E-state index contributed by atoms with van der Waals surface area (Å²) in [6.45, 7) is 3.59. The molecule has 4 rings (SSSR count). The summed E-state index contributed by atoms with van der Waals surface area (Å²) in [4.78, 5) is 54.5. The van der Waals surface area contributed by atoms with Crippen molar-refractivity contribution in [2.24, 2.45) is 0 Å². The van der Waals surface area contributed by atoms with E-state index in [0.717, 1.165) is 15.3 Å². The number of carbonyl (C=O) groups is 2. The molecule has 3 heterocycles. The van der Waals surface area contributed by atoms with Crippen molar-refractivity contribution in [1.29, 1.82) is 0 Å². The number of benzene rings is 1. The number of urea groups is 1. The van der Waals surface area contributed by atoms with E-state index in [1.807, 2.05) is 0 Å². The van der Waals surface area contributed by atoms with Gasteiger partial charge in [0.2, 0.25) is 5.88 Å². The van der Waals surface area contributed by atoms with Crippen LogP contribution in [0.15, 0.2) is 57.1 Å². The van der Waals surface area contributed by atoms with Crippen LogP contribution in [0.1, 0.15) is 29.3 Å². The van der Waals surface area contributed by atoms with Gasteiger partial charge in [-0.05, 0) is 43.2 Å². The number of ether oxygens (including phenoxy) is 1. The minimum Gasteiger partial charge on any atom is -0.481 e. The minimum absolute atomic E-state index is 0.00292. The summed E-state index contributed by atoms with van der Waals surface area (Å²) < 4.78 is 33.0. The maximum atomic E-state index is 13.4. The highest BCUT2D eigenvalue weighted by molar-refractivity contribution is 7.95. The Labute approximate surface area is 229 Å². The second-order valence-corrected chi connectivity index (χ2v) is 10.9. The van der Waals surface area contributed by atoms with Crippen LogP contribution in [0.25, 0.3) is 6.20 Å². The number of anilines is 1. The summed E-state index contributed by atoms with van der Waals surface area (Å²) in [7, 11) is -2.69. The van der Waals surface area contributed by atoms with Crippen LogP contribution >= 0.6 is 0 Å².